The van der Waals surface area contributed by atoms with Crippen molar-refractivity contribution in [1.29, 1.82) is 0 Å². The largest absolute Gasteiger partial charge is 0.481 e. The zero-order valence-electron chi connectivity index (χ0n) is 12.1. The third-order valence-electron chi connectivity index (χ3n) is 3.73. The molecule has 0 bridgehead atoms. The highest BCUT2D eigenvalue weighted by Crippen LogP contribution is 2.31. The van der Waals surface area contributed by atoms with Crippen molar-refractivity contribution in [1.82, 2.24) is 9.03 Å². The van der Waals surface area contributed by atoms with Crippen molar-refractivity contribution < 1.29 is 18.3 Å². The Morgan fingerprint density at radius 3 is 2.76 bits per heavy atom. The number of hydrogen-bond donors (Lipinski definition) is 2. The predicted molar refractivity (Wildman–Crippen MR) is 81.4 cm³/mol. The molecule has 118 valence electrons. The summed E-state index contributed by atoms with van der Waals surface area (Å²) in [5, 5.41) is 12.6. The van der Waals surface area contributed by atoms with Crippen LogP contribution in [-0.4, -0.2) is 35.9 Å². The monoisotopic (exact) mass is 332 g/mol. The number of nitrogens with zero attached hydrogens (tertiary/aromatic N) is 1. The van der Waals surface area contributed by atoms with Crippen molar-refractivity contribution in [2.75, 3.05) is 6.54 Å². The van der Waals surface area contributed by atoms with Gasteiger partial charge in [-0.3, -0.25) is 4.79 Å². The summed E-state index contributed by atoms with van der Waals surface area (Å²) in [5.41, 5.74) is 0.247. The number of carbonyl (C=O) groups is 1. The van der Waals surface area contributed by atoms with Gasteiger partial charge in [0, 0.05) is 12.1 Å². The van der Waals surface area contributed by atoms with Crippen LogP contribution in [-0.2, 0) is 15.0 Å². The van der Waals surface area contributed by atoms with Crippen molar-refractivity contribution >= 4 is 27.5 Å². The quantitative estimate of drug-likeness (QED) is 0.834. The Balaban J connectivity index is 2.21. The minimum Gasteiger partial charge on any atom is -0.481 e. The first kappa shape index (κ1) is 16.4. The zero-order valence-corrected chi connectivity index (χ0v) is 13.7. The number of nitrogens with one attached hydrogen (secondary N) is 1. The highest BCUT2D eigenvalue weighted by atomic mass is 32.2. The molecule has 0 saturated carbocycles. The fourth-order valence-corrected chi connectivity index (χ4v) is 5.18. The molecule has 0 aliphatic carbocycles. The summed E-state index contributed by atoms with van der Waals surface area (Å²) < 4.78 is 29.1. The lowest BCUT2D eigenvalue weighted by molar-refractivity contribution is -0.137. The van der Waals surface area contributed by atoms with E-state index in [1.165, 1.54) is 15.6 Å². The van der Waals surface area contributed by atoms with Gasteiger partial charge in [-0.05, 0) is 49.1 Å². The van der Waals surface area contributed by atoms with Gasteiger partial charge in [-0.15, -0.1) is 0 Å². The summed E-state index contributed by atoms with van der Waals surface area (Å²) in [6.45, 7) is 4.23. The smallest absolute Gasteiger partial charge is 0.305 e. The summed E-state index contributed by atoms with van der Waals surface area (Å²) in [4.78, 5) is 11.0. The molecule has 8 heteroatoms. The van der Waals surface area contributed by atoms with Gasteiger partial charge in [0.15, 0.2) is 0 Å². The molecule has 0 aromatic carbocycles. The van der Waals surface area contributed by atoms with E-state index < -0.39 is 27.8 Å². The molecule has 1 unspecified atom stereocenters. The number of hydrogen-bond acceptors (Lipinski definition) is 4. The Labute approximate surface area is 129 Å². The molecular weight excluding hydrogens is 312 g/mol. The van der Waals surface area contributed by atoms with E-state index in [4.69, 9.17) is 5.11 Å². The van der Waals surface area contributed by atoms with Gasteiger partial charge < -0.3 is 5.11 Å². The first-order valence-electron chi connectivity index (χ1n) is 6.76. The number of thiophene rings is 1. The second-order valence-corrected chi connectivity index (χ2v) is 8.22. The molecule has 0 amide bonds. The molecule has 6 nitrogen and oxygen atoms in total. The van der Waals surface area contributed by atoms with Crippen LogP contribution in [0.2, 0.25) is 0 Å². The molecule has 1 aliphatic heterocycles. The Kier molecular flexibility index (Phi) is 4.72. The fourth-order valence-electron chi connectivity index (χ4n) is 2.65. The van der Waals surface area contributed by atoms with Crippen LogP contribution in [0.5, 0.6) is 0 Å². The molecule has 1 atom stereocenters. The third kappa shape index (κ3) is 3.82. The van der Waals surface area contributed by atoms with E-state index in [0.29, 0.717) is 12.1 Å². The van der Waals surface area contributed by atoms with E-state index in [2.05, 4.69) is 4.72 Å². The lowest BCUT2D eigenvalue weighted by Crippen LogP contribution is -2.49. The summed E-state index contributed by atoms with van der Waals surface area (Å²) >= 11 is 1.41. The summed E-state index contributed by atoms with van der Waals surface area (Å²) in [6, 6.07) is 1.01. The van der Waals surface area contributed by atoms with Gasteiger partial charge in [0.2, 0.25) is 0 Å². The highest BCUT2D eigenvalue weighted by Gasteiger charge is 2.41. The predicted octanol–water partition coefficient (Wildman–Crippen LogP) is 1.97. The Hall–Kier alpha value is -0.960. The normalized spacial score (nSPS) is 20.5. The molecule has 1 saturated heterocycles. The van der Waals surface area contributed by atoms with Crippen molar-refractivity contribution in [3.8, 4) is 0 Å². The van der Waals surface area contributed by atoms with E-state index in [1.54, 1.807) is 16.8 Å². The maximum atomic E-state index is 12.6. The summed E-state index contributed by atoms with van der Waals surface area (Å²) in [5.74, 6) is -1.03. The van der Waals surface area contributed by atoms with Gasteiger partial charge in [0.25, 0.3) is 10.2 Å². The van der Waals surface area contributed by atoms with Gasteiger partial charge in [0.05, 0.1) is 12.5 Å². The molecule has 2 rings (SSSR count). The van der Waals surface area contributed by atoms with Crippen LogP contribution in [0.25, 0.3) is 0 Å². The van der Waals surface area contributed by atoms with Crippen LogP contribution in [0, 0.1) is 0 Å². The number of carboxylic acid groups (broad SMARTS) is 1. The van der Waals surface area contributed by atoms with Crippen LogP contribution in [0.15, 0.2) is 16.8 Å². The highest BCUT2D eigenvalue weighted by molar-refractivity contribution is 7.87. The Bertz CT molecular complexity index is 596. The van der Waals surface area contributed by atoms with E-state index in [0.717, 1.165) is 12.8 Å². The standard InChI is InChI=1S/C13H20N2O4S2/c1-13(2)5-3-6-15(13)21(18,19)14-11(8-12(16)17)10-4-7-20-9-10/h4,7,9,11,14H,3,5-6,8H2,1-2H3,(H,16,17). The lowest BCUT2D eigenvalue weighted by Gasteiger charge is -2.32. The molecule has 1 aromatic heterocycles. The van der Waals surface area contributed by atoms with Crippen molar-refractivity contribution in [3.63, 3.8) is 0 Å². The van der Waals surface area contributed by atoms with Gasteiger partial charge in [0.1, 0.15) is 0 Å². The van der Waals surface area contributed by atoms with Crippen molar-refractivity contribution in [3.05, 3.63) is 22.4 Å². The average molecular weight is 332 g/mol. The average Bonchev–Trinajstić information content (AvgIpc) is 2.95. The van der Waals surface area contributed by atoms with E-state index in [-0.39, 0.29) is 6.42 Å². The summed E-state index contributed by atoms with van der Waals surface area (Å²) in [7, 11) is -3.71. The maximum Gasteiger partial charge on any atom is 0.305 e. The molecule has 0 radical (unpaired) electrons. The van der Waals surface area contributed by atoms with E-state index >= 15 is 0 Å². The van der Waals surface area contributed by atoms with Gasteiger partial charge in [-0.25, -0.2) is 0 Å². The summed E-state index contributed by atoms with van der Waals surface area (Å²) in [6.07, 6.45) is 1.34. The lowest BCUT2D eigenvalue weighted by atomic mass is 10.0. The van der Waals surface area contributed by atoms with Crippen molar-refractivity contribution in [2.45, 2.75) is 44.7 Å². The molecule has 1 aliphatic rings. The molecule has 1 fully saturated rings. The Morgan fingerprint density at radius 1 is 1.57 bits per heavy atom. The van der Waals surface area contributed by atoms with Crippen LogP contribution < -0.4 is 4.72 Å². The number of aliphatic carboxylic acids is 1. The van der Waals surface area contributed by atoms with Crippen LogP contribution in [0.1, 0.15) is 44.7 Å². The fraction of sp³-hybridized carbons (Fsp3) is 0.615. The molecule has 21 heavy (non-hydrogen) atoms. The van der Waals surface area contributed by atoms with E-state index in [9.17, 15) is 13.2 Å². The number of carboxylic acids is 1. The molecule has 0 spiro atoms. The van der Waals surface area contributed by atoms with Crippen LogP contribution in [0.3, 0.4) is 0 Å². The minimum atomic E-state index is -3.71. The second kappa shape index (κ2) is 6.04. The first-order valence-corrected chi connectivity index (χ1v) is 9.15. The minimum absolute atomic E-state index is 0.274. The number of rotatable bonds is 6. The molecule has 2 N–H and O–H groups in total. The second-order valence-electron chi connectivity index (χ2n) is 5.82. The Morgan fingerprint density at radius 2 is 2.29 bits per heavy atom. The van der Waals surface area contributed by atoms with Gasteiger partial charge in [-0.2, -0.15) is 28.8 Å². The first-order chi connectivity index (χ1) is 9.72. The van der Waals surface area contributed by atoms with Crippen molar-refractivity contribution in [2.24, 2.45) is 0 Å². The molecule has 2 heterocycles. The van der Waals surface area contributed by atoms with E-state index in [1.807, 2.05) is 13.8 Å². The molecule has 1 aromatic rings. The van der Waals surface area contributed by atoms with Gasteiger partial charge in [-0.1, -0.05) is 0 Å². The SMILES string of the molecule is CC1(C)CCCN1S(=O)(=O)NC(CC(=O)O)c1ccsc1. The van der Waals surface area contributed by atoms with Crippen LogP contribution >= 0.6 is 11.3 Å². The van der Waals surface area contributed by atoms with Gasteiger partial charge >= 0.3 is 5.97 Å². The third-order valence-corrected chi connectivity index (χ3v) is 6.27. The topological polar surface area (TPSA) is 86.7 Å². The molecular formula is C13H20N2O4S2. The zero-order chi connectivity index (χ0) is 15.7. The van der Waals surface area contributed by atoms with Crippen LogP contribution in [0.4, 0.5) is 0 Å². The maximum absolute atomic E-state index is 12.6.